The first-order chi connectivity index (χ1) is 7.95. The lowest BCUT2D eigenvalue weighted by molar-refractivity contribution is -0.165. The van der Waals surface area contributed by atoms with Crippen LogP contribution in [0.25, 0.3) is 0 Å². The number of rotatable bonds is 5. The number of carboxylic acids is 1. The molecule has 1 rings (SSSR count). The molecule has 2 atom stereocenters. The normalized spacial score (nSPS) is 16.0. The van der Waals surface area contributed by atoms with Crippen LogP contribution in [0.3, 0.4) is 0 Å². The molecule has 0 unspecified atom stereocenters. The molecule has 1 aromatic rings. The monoisotopic (exact) mass is 240 g/mol. The summed E-state index contributed by atoms with van der Waals surface area (Å²) in [6.07, 6.45) is -1.77. The van der Waals surface area contributed by atoms with E-state index in [0.29, 0.717) is 11.3 Å². The smallest absolute Gasteiger partial charge is 0.335 e. The van der Waals surface area contributed by atoms with E-state index in [2.05, 4.69) is 0 Å². The fraction of sp³-hybridized carbons (Fsp3) is 0.417. The lowest BCUT2D eigenvalue weighted by Gasteiger charge is -2.30. The fourth-order valence-electron chi connectivity index (χ4n) is 1.64. The second kappa shape index (κ2) is 5.16. The summed E-state index contributed by atoms with van der Waals surface area (Å²) >= 11 is 0. The number of hydrogen-bond donors (Lipinski definition) is 3. The van der Waals surface area contributed by atoms with E-state index in [1.54, 1.807) is 19.1 Å². The van der Waals surface area contributed by atoms with Crippen LogP contribution < -0.4 is 4.74 Å². The minimum absolute atomic E-state index is 0.0901. The molecule has 0 saturated heterocycles. The zero-order chi connectivity index (χ0) is 13.1. The van der Waals surface area contributed by atoms with Gasteiger partial charge in [-0.05, 0) is 24.1 Å². The van der Waals surface area contributed by atoms with Crippen molar-refractivity contribution in [1.29, 1.82) is 0 Å². The van der Waals surface area contributed by atoms with Gasteiger partial charge in [0.1, 0.15) is 11.4 Å². The third kappa shape index (κ3) is 2.57. The maximum atomic E-state index is 10.8. The second-order valence-electron chi connectivity index (χ2n) is 3.75. The molecule has 0 aliphatic heterocycles. The van der Waals surface area contributed by atoms with Crippen LogP contribution in [-0.2, 0) is 10.4 Å². The Morgan fingerprint density at radius 3 is 2.29 bits per heavy atom. The molecule has 1 aromatic carbocycles. The van der Waals surface area contributed by atoms with Gasteiger partial charge in [-0.15, -0.1) is 0 Å². The largest absolute Gasteiger partial charge is 0.497 e. The van der Waals surface area contributed by atoms with Crippen molar-refractivity contribution >= 4 is 5.97 Å². The average Bonchev–Trinajstić information content (AvgIpc) is 2.36. The van der Waals surface area contributed by atoms with Crippen LogP contribution in [0.2, 0.25) is 0 Å². The number of carbonyl (C=O) groups is 1. The summed E-state index contributed by atoms with van der Waals surface area (Å²) in [6.45, 7) is 1.61. The summed E-state index contributed by atoms with van der Waals surface area (Å²) in [6, 6.07) is 6.28. The van der Waals surface area contributed by atoms with Crippen LogP contribution in [0.4, 0.5) is 0 Å². The number of carboxylic acid groups (broad SMARTS) is 1. The first-order valence-corrected chi connectivity index (χ1v) is 5.23. The molecule has 17 heavy (non-hydrogen) atoms. The first-order valence-electron chi connectivity index (χ1n) is 5.23. The van der Waals surface area contributed by atoms with Gasteiger partial charge in [-0.2, -0.15) is 0 Å². The quantitative estimate of drug-likeness (QED) is 0.706. The van der Waals surface area contributed by atoms with Gasteiger partial charge in [0.15, 0.2) is 6.10 Å². The molecular weight excluding hydrogens is 224 g/mol. The summed E-state index contributed by atoms with van der Waals surface area (Å²) in [4.78, 5) is 10.8. The van der Waals surface area contributed by atoms with Crippen LogP contribution in [0.1, 0.15) is 18.9 Å². The molecule has 0 aliphatic rings. The Hall–Kier alpha value is -1.59. The molecule has 0 saturated carbocycles. The van der Waals surface area contributed by atoms with Gasteiger partial charge < -0.3 is 20.1 Å². The molecule has 5 nitrogen and oxygen atoms in total. The van der Waals surface area contributed by atoms with Gasteiger partial charge in [-0.3, -0.25) is 0 Å². The van der Waals surface area contributed by atoms with Gasteiger partial charge >= 0.3 is 5.97 Å². The number of ether oxygens (including phenoxy) is 1. The number of benzene rings is 1. The van der Waals surface area contributed by atoms with Crippen molar-refractivity contribution in [3.63, 3.8) is 0 Å². The van der Waals surface area contributed by atoms with E-state index in [-0.39, 0.29) is 6.42 Å². The Morgan fingerprint density at radius 2 is 1.94 bits per heavy atom. The van der Waals surface area contributed by atoms with Gasteiger partial charge in [0.2, 0.25) is 0 Å². The summed E-state index contributed by atoms with van der Waals surface area (Å²) in [5.41, 5.74) is -1.45. The van der Waals surface area contributed by atoms with Crippen molar-refractivity contribution in [1.82, 2.24) is 0 Å². The second-order valence-corrected chi connectivity index (χ2v) is 3.75. The van der Waals surface area contributed by atoms with E-state index >= 15 is 0 Å². The highest BCUT2D eigenvalue weighted by molar-refractivity contribution is 5.74. The Labute approximate surface area is 99.3 Å². The Bertz CT molecular complexity index is 386. The summed E-state index contributed by atoms with van der Waals surface area (Å²) in [7, 11) is 1.51. The predicted octanol–water partition coefficient (Wildman–Crippen LogP) is 0.738. The molecule has 5 heteroatoms. The maximum Gasteiger partial charge on any atom is 0.335 e. The highest BCUT2D eigenvalue weighted by Crippen LogP contribution is 2.30. The lowest BCUT2D eigenvalue weighted by atomic mass is 9.85. The first kappa shape index (κ1) is 13.5. The van der Waals surface area contributed by atoms with Crippen molar-refractivity contribution in [2.24, 2.45) is 0 Å². The minimum atomic E-state index is -1.86. The van der Waals surface area contributed by atoms with Gasteiger partial charge in [0, 0.05) is 0 Å². The summed E-state index contributed by atoms with van der Waals surface area (Å²) < 4.78 is 4.96. The maximum absolute atomic E-state index is 10.8. The van der Waals surface area contributed by atoms with Gasteiger partial charge in [-0.1, -0.05) is 19.1 Å². The molecule has 94 valence electrons. The molecule has 0 spiro atoms. The zero-order valence-corrected chi connectivity index (χ0v) is 9.75. The van der Waals surface area contributed by atoms with Gasteiger partial charge in [0.25, 0.3) is 0 Å². The standard InChI is InChI=1S/C12H16O5/c1-3-12(16,10(13)11(14)15)8-4-6-9(17-2)7-5-8/h4-7,10,13,16H,3H2,1-2H3,(H,14,15)/t10-,12-/m1/s1. The molecule has 0 radical (unpaired) electrons. The number of aliphatic hydroxyl groups is 2. The van der Waals surface area contributed by atoms with Crippen LogP contribution in [0, 0.1) is 0 Å². The molecule has 0 fully saturated rings. The van der Waals surface area contributed by atoms with Crippen molar-refractivity contribution in [3.05, 3.63) is 29.8 Å². The molecule has 0 amide bonds. The summed E-state index contributed by atoms with van der Waals surface area (Å²) in [5, 5.41) is 28.5. The SMILES string of the molecule is CC[C@@](O)(c1ccc(OC)cc1)[C@H](O)C(=O)O. The van der Waals surface area contributed by atoms with E-state index in [1.165, 1.54) is 19.2 Å². The number of aliphatic hydroxyl groups excluding tert-OH is 1. The molecule has 0 heterocycles. The highest BCUT2D eigenvalue weighted by Gasteiger charge is 2.40. The van der Waals surface area contributed by atoms with Crippen LogP contribution in [0.15, 0.2) is 24.3 Å². The zero-order valence-electron chi connectivity index (χ0n) is 9.75. The lowest BCUT2D eigenvalue weighted by Crippen LogP contribution is -2.44. The van der Waals surface area contributed by atoms with Gasteiger partial charge in [-0.25, -0.2) is 4.79 Å². The number of aliphatic carboxylic acids is 1. The third-order valence-corrected chi connectivity index (χ3v) is 2.82. The molecule has 0 aromatic heterocycles. The Kier molecular flexibility index (Phi) is 4.09. The Morgan fingerprint density at radius 1 is 1.41 bits per heavy atom. The van der Waals surface area contributed by atoms with Crippen LogP contribution in [0.5, 0.6) is 5.75 Å². The van der Waals surface area contributed by atoms with E-state index in [1.807, 2.05) is 0 Å². The van der Waals surface area contributed by atoms with E-state index in [0.717, 1.165) is 0 Å². The van der Waals surface area contributed by atoms with Crippen molar-refractivity contribution in [3.8, 4) is 5.75 Å². The molecule has 3 N–H and O–H groups in total. The minimum Gasteiger partial charge on any atom is -0.497 e. The molecular formula is C12H16O5. The van der Waals surface area contributed by atoms with E-state index in [4.69, 9.17) is 9.84 Å². The topological polar surface area (TPSA) is 87.0 Å². The van der Waals surface area contributed by atoms with Crippen LogP contribution >= 0.6 is 0 Å². The van der Waals surface area contributed by atoms with E-state index < -0.39 is 17.7 Å². The Balaban J connectivity index is 3.11. The molecule has 0 bridgehead atoms. The van der Waals surface area contributed by atoms with Crippen LogP contribution in [-0.4, -0.2) is 34.5 Å². The predicted molar refractivity (Wildman–Crippen MR) is 60.8 cm³/mol. The van der Waals surface area contributed by atoms with Crippen molar-refractivity contribution < 1.29 is 24.9 Å². The van der Waals surface area contributed by atoms with E-state index in [9.17, 15) is 15.0 Å². The highest BCUT2D eigenvalue weighted by atomic mass is 16.5. The van der Waals surface area contributed by atoms with Gasteiger partial charge in [0.05, 0.1) is 7.11 Å². The van der Waals surface area contributed by atoms with Crippen molar-refractivity contribution in [2.75, 3.05) is 7.11 Å². The number of hydrogen-bond acceptors (Lipinski definition) is 4. The average molecular weight is 240 g/mol. The number of methoxy groups -OCH3 is 1. The third-order valence-electron chi connectivity index (χ3n) is 2.82. The van der Waals surface area contributed by atoms with Crippen molar-refractivity contribution in [2.45, 2.75) is 25.0 Å². The molecule has 0 aliphatic carbocycles. The fourth-order valence-corrected chi connectivity index (χ4v) is 1.64. The summed E-state index contributed by atoms with van der Waals surface area (Å²) in [5.74, 6) is -0.859.